The van der Waals surface area contributed by atoms with Crippen molar-refractivity contribution < 1.29 is 13.2 Å². The van der Waals surface area contributed by atoms with Crippen LogP contribution in [0.3, 0.4) is 0 Å². The first kappa shape index (κ1) is 19.5. The highest BCUT2D eigenvalue weighted by Gasteiger charge is 2.21. The number of sulfonamides is 1. The molecular weight excluding hydrogens is 356 g/mol. The number of amides is 1. The van der Waals surface area contributed by atoms with Crippen LogP contribution in [0.4, 0.5) is 5.69 Å². The van der Waals surface area contributed by atoms with Crippen molar-refractivity contribution in [3.05, 3.63) is 54.6 Å². The Balaban J connectivity index is 1.95. The molecule has 0 spiro atoms. The standard InChI is InChI=1S/C18H22N2O3S2/c1-18(2,3)20-25(22,23)16-11-9-14(10-12-16)19-17(21)13-24-15-7-5-4-6-8-15/h4-12,20H,13H2,1-3H3,(H,19,21). The number of hydrogen-bond donors (Lipinski definition) is 2. The quantitative estimate of drug-likeness (QED) is 0.755. The fourth-order valence-electron chi connectivity index (χ4n) is 2.04. The second-order valence-corrected chi connectivity index (χ2v) is 9.26. The van der Waals surface area contributed by atoms with Crippen molar-refractivity contribution >= 4 is 33.4 Å². The van der Waals surface area contributed by atoms with Crippen LogP contribution in [0.1, 0.15) is 20.8 Å². The Bertz CT molecular complexity index is 812. The van der Waals surface area contributed by atoms with Gasteiger partial charge in [-0.1, -0.05) is 18.2 Å². The molecule has 25 heavy (non-hydrogen) atoms. The van der Waals surface area contributed by atoms with Crippen LogP contribution >= 0.6 is 11.8 Å². The van der Waals surface area contributed by atoms with Crippen molar-refractivity contribution in [1.82, 2.24) is 4.72 Å². The third-order valence-corrected chi connectivity index (χ3v) is 5.79. The van der Waals surface area contributed by atoms with Gasteiger partial charge in [0.25, 0.3) is 0 Å². The van der Waals surface area contributed by atoms with E-state index in [4.69, 9.17) is 0 Å². The third-order valence-electron chi connectivity index (χ3n) is 3.00. The lowest BCUT2D eigenvalue weighted by molar-refractivity contribution is -0.113. The molecule has 5 nitrogen and oxygen atoms in total. The molecule has 2 N–H and O–H groups in total. The summed E-state index contributed by atoms with van der Waals surface area (Å²) in [6, 6.07) is 15.8. The van der Waals surface area contributed by atoms with Gasteiger partial charge in [0, 0.05) is 16.1 Å². The molecule has 0 aliphatic heterocycles. The average Bonchev–Trinajstić information content (AvgIpc) is 2.52. The summed E-state index contributed by atoms with van der Waals surface area (Å²) in [6.45, 7) is 5.34. The predicted octanol–water partition coefficient (Wildman–Crippen LogP) is 3.49. The molecule has 0 aliphatic carbocycles. The lowest BCUT2D eigenvalue weighted by Gasteiger charge is -2.20. The number of carbonyl (C=O) groups is 1. The predicted molar refractivity (Wildman–Crippen MR) is 102 cm³/mol. The zero-order valence-corrected chi connectivity index (χ0v) is 16.1. The zero-order valence-electron chi connectivity index (χ0n) is 14.4. The monoisotopic (exact) mass is 378 g/mol. The lowest BCUT2D eigenvalue weighted by Crippen LogP contribution is -2.40. The summed E-state index contributed by atoms with van der Waals surface area (Å²) in [7, 11) is -3.58. The van der Waals surface area contributed by atoms with E-state index in [1.54, 1.807) is 32.9 Å². The molecule has 0 bridgehead atoms. The van der Waals surface area contributed by atoms with Crippen LogP contribution in [-0.2, 0) is 14.8 Å². The maximum absolute atomic E-state index is 12.2. The molecule has 0 fully saturated rings. The molecule has 0 saturated heterocycles. The minimum atomic E-state index is -3.58. The molecule has 2 rings (SSSR count). The summed E-state index contributed by atoms with van der Waals surface area (Å²) < 4.78 is 27.1. The summed E-state index contributed by atoms with van der Waals surface area (Å²) in [5, 5.41) is 2.76. The Morgan fingerprint density at radius 2 is 1.60 bits per heavy atom. The molecule has 2 aromatic rings. The Morgan fingerprint density at radius 3 is 2.16 bits per heavy atom. The summed E-state index contributed by atoms with van der Waals surface area (Å²) >= 11 is 1.44. The summed E-state index contributed by atoms with van der Waals surface area (Å²) in [5.74, 6) is 0.146. The molecule has 0 unspecified atom stereocenters. The van der Waals surface area contributed by atoms with Crippen molar-refractivity contribution in [2.75, 3.05) is 11.1 Å². The van der Waals surface area contributed by atoms with E-state index >= 15 is 0 Å². The summed E-state index contributed by atoms with van der Waals surface area (Å²) in [4.78, 5) is 13.2. The highest BCUT2D eigenvalue weighted by atomic mass is 32.2. The van der Waals surface area contributed by atoms with E-state index in [2.05, 4.69) is 10.0 Å². The lowest BCUT2D eigenvalue weighted by atomic mass is 10.1. The normalized spacial score (nSPS) is 12.0. The van der Waals surface area contributed by atoms with Gasteiger partial charge in [-0.2, -0.15) is 0 Å². The Hall–Kier alpha value is -1.83. The Morgan fingerprint density at radius 1 is 1.00 bits per heavy atom. The van der Waals surface area contributed by atoms with Crippen LogP contribution in [0.2, 0.25) is 0 Å². The highest BCUT2D eigenvalue weighted by Crippen LogP contribution is 2.19. The largest absolute Gasteiger partial charge is 0.325 e. The Labute approximate surface area is 153 Å². The molecule has 0 atom stereocenters. The fourth-order valence-corrected chi connectivity index (χ4v) is 4.18. The first-order valence-corrected chi connectivity index (χ1v) is 10.2. The van der Waals surface area contributed by atoms with Crippen LogP contribution < -0.4 is 10.0 Å². The van der Waals surface area contributed by atoms with E-state index in [1.165, 1.54) is 23.9 Å². The van der Waals surface area contributed by atoms with Crippen LogP contribution in [0, 0.1) is 0 Å². The average molecular weight is 379 g/mol. The molecule has 2 aromatic carbocycles. The van der Waals surface area contributed by atoms with Gasteiger partial charge >= 0.3 is 0 Å². The van der Waals surface area contributed by atoms with Crippen molar-refractivity contribution in [1.29, 1.82) is 0 Å². The first-order valence-electron chi connectivity index (χ1n) is 7.77. The summed E-state index contributed by atoms with van der Waals surface area (Å²) in [5.41, 5.74) is 0.00813. The van der Waals surface area contributed by atoms with Crippen molar-refractivity contribution in [2.45, 2.75) is 36.1 Å². The number of hydrogen-bond acceptors (Lipinski definition) is 4. The number of nitrogens with one attached hydrogen (secondary N) is 2. The summed E-state index contributed by atoms with van der Waals surface area (Å²) in [6.07, 6.45) is 0. The molecule has 1 amide bonds. The maximum atomic E-state index is 12.2. The van der Waals surface area contributed by atoms with Gasteiger partial charge < -0.3 is 5.32 Å². The van der Waals surface area contributed by atoms with Gasteiger partial charge in [0.1, 0.15) is 0 Å². The van der Waals surface area contributed by atoms with E-state index in [9.17, 15) is 13.2 Å². The number of anilines is 1. The minimum Gasteiger partial charge on any atom is -0.325 e. The molecule has 7 heteroatoms. The number of benzene rings is 2. The van der Waals surface area contributed by atoms with E-state index < -0.39 is 15.6 Å². The Kier molecular flexibility index (Phi) is 6.26. The van der Waals surface area contributed by atoms with Crippen molar-refractivity contribution in [3.63, 3.8) is 0 Å². The molecule has 134 valence electrons. The van der Waals surface area contributed by atoms with E-state index in [-0.39, 0.29) is 16.6 Å². The number of thioether (sulfide) groups is 1. The van der Waals surface area contributed by atoms with Crippen LogP contribution in [0.25, 0.3) is 0 Å². The highest BCUT2D eigenvalue weighted by molar-refractivity contribution is 8.00. The number of rotatable bonds is 6. The second kappa shape index (κ2) is 8.03. The minimum absolute atomic E-state index is 0.141. The van der Waals surface area contributed by atoms with Gasteiger partial charge in [-0.15, -0.1) is 11.8 Å². The van der Waals surface area contributed by atoms with Gasteiger partial charge in [0.2, 0.25) is 15.9 Å². The number of carbonyl (C=O) groups excluding carboxylic acids is 1. The van der Waals surface area contributed by atoms with Crippen LogP contribution in [0.5, 0.6) is 0 Å². The molecule has 0 aromatic heterocycles. The second-order valence-electron chi connectivity index (χ2n) is 6.53. The van der Waals surface area contributed by atoms with E-state index in [0.29, 0.717) is 5.69 Å². The fraction of sp³-hybridized carbons (Fsp3) is 0.278. The zero-order chi connectivity index (χ0) is 18.5. The topological polar surface area (TPSA) is 75.3 Å². The smallest absolute Gasteiger partial charge is 0.241 e. The first-order chi connectivity index (χ1) is 11.7. The molecule has 0 heterocycles. The van der Waals surface area contributed by atoms with Crippen molar-refractivity contribution in [3.8, 4) is 0 Å². The molecular formula is C18H22N2O3S2. The molecule has 0 radical (unpaired) electrons. The van der Waals surface area contributed by atoms with E-state index in [0.717, 1.165) is 4.90 Å². The van der Waals surface area contributed by atoms with Gasteiger partial charge in [0.05, 0.1) is 10.6 Å². The SMILES string of the molecule is CC(C)(C)NS(=O)(=O)c1ccc(NC(=O)CSc2ccccc2)cc1. The molecule has 0 aliphatic rings. The maximum Gasteiger partial charge on any atom is 0.241 e. The van der Waals surface area contributed by atoms with Crippen LogP contribution in [0.15, 0.2) is 64.4 Å². The van der Waals surface area contributed by atoms with Crippen molar-refractivity contribution in [2.24, 2.45) is 0 Å². The van der Waals surface area contributed by atoms with Gasteiger partial charge in [0.15, 0.2) is 0 Å². The third kappa shape index (κ3) is 6.53. The van der Waals surface area contributed by atoms with Gasteiger partial charge in [-0.05, 0) is 57.2 Å². The van der Waals surface area contributed by atoms with Gasteiger partial charge in [-0.25, -0.2) is 13.1 Å². The van der Waals surface area contributed by atoms with E-state index in [1.807, 2.05) is 30.3 Å². The van der Waals surface area contributed by atoms with Crippen LogP contribution in [-0.4, -0.2) is 25.6 Å². The van der Waals surface area contributed by atoms with Gasteiger partial charge in [-0.3, -0.25) is 4.79 Å². The molecule has 0 saturated carbocycles.